The molecule has 172 valence electrons. The summed E-state index contributed by atoms with van der Waals surface area (Å²) in [5.74, 6) is 1.06. The van der Waals surface area contributed by atoms with E-state index in [1.165, 1.54) is 12.8 Å². The molecule has 0 amide bonds. The van der Waals surface area contributed by atoms with Crippen molar-refractivity contribution in [1.29, 1.82) is 0 Å². The first-order valence-electron chi connectivity index (χ1n) is 11.6. The van der Waals surface area contributed by atoms with Gasteiger partial charge in [-0.25, -0.2) is 4.98 Å². The van der Waals surface area contributed by atoms with Crippen LogP contribution >= 0.6 is 11.8 Å². The van der Waals surface area contributed by atoms with Gasteiger partial charge in [-0.05, 0) is 49.5 Å². The van der Waals surface area contributed by atoms with Crippen LogP contribution in [0.15, 0.2) is 81.8 Å². The summed E-state index contributed by atoms with van der Waals surface area (Å²) in [6, 6.07) is 5.08. The lowest BCUT2D eigenvalue weighted by molar-refractivity contribution is 0.247. The van der Waals surface area contributed by atoms with Crippen LogP contribution in [0.1, 0.15) is 31.7 Å². The maximum absolute atomic E-state index is 4.73. The van der Waals surface area contributed by atoms with Crippen molar-refractivity contribution in [1.82, 2.24) is 9.88 Å². The Morgan fingerprint density at radius 1 is 1.24 bits per heavy atom. The van der Waals surface area contributed by atoms with Gasteiger partial charge >= 0.3 is 0 Å². The van der Waals surface area contributed by atoms with Crippen molar-refractivity contribution in [3.8, 4) is 0 Å². The van der Waals surface area contributed by atoms with Gasteiger partial charge in [0.15, 0.2) is 0 Å². The van der Waals surface area contributed by atoms with Gasteiger partial charge < -0.3 is 4.90 Å². The van der Waals surface area contributed by atoms with Crippen molar-refractivity contribution in [2.45, 2.75) is 32.2 Å². The van der Waals surface area contributed by atoms with Crippen molar-refractivity contribution in [2.75, 3.05) is 38.1 Å². The summed E-state index contributed by atoms with van der Waals surface area (Å²) < 4.78 is 0. The highest BCUT2D eigenvalue weighted by atomic mass is 32.2. The second-order valence-electron chi connectivity index (χ2n) is 8.54. The molecule has 3 heterocycles. The van der Waals surface area contributed by atoms with Gasteiger partial charge in [-0.15, -0.1) is 0 Å². The second-order valence-corrected chi connectivity index (χ2v) is 9.83. The first-order valence-corrected chi connectivity index (χ1v) is 12.4. The average molecular weight is 460 g/mol. The highest BCUT2D eigenvalue weighted by molar-refractivity contribution is 8.17. The van der Waals surface area contributed by atoms with Crippen molar-refractivity contribution >= 4 is 34.5 Å². The highest BCUT2D eigenvalue weighted by Gasteiger charge is 2.31. The lowest BCUT2D eigenvalue weighted by atomic mass is 10.1. The monoisotopic (exact) mass is 459 g/mol. The summed E-state index contributed by atoms with van der Waals surface area (Å²) >= 11 is 1.56. The number of thioether (sulfide) groups is 1. The van der Waals surface area contributed by atoms with Crippen LogP contribution in [0.5, 0.6) is 0 Å². The van der Waals surface area contributed by atoms with E-state index in [0.29, 0.717) is 0 Å². The molecule has 1 saturated heterocycles. The van der Waals surface area contributed by atoms with E-state index < -0.39 is 0 Å². The fourth-order valence-electron chi connectivity index (χ4n) is 4.04. The lowest BCUT2D eigenvalue weighted by Gasteiger charge is -2.35. The first kappa shape index (κ1) is 23.5. The summed E-state index contributed by atoms with van der Waals surface area (Å²) in [4.78, 5) is 19.5. The molecule has 6 heteroatoms. The predicted molar refractivity (Wildman–Crippen MR) is 144 cm³/mol. The van der Waals surface area contributed by atoms with E-state index in [1.54, 1.807) is 18.8 Å². The van der Waals surface area contributed by atoms with Crippen molar-refractivity contribution in [3.63, 3.8) is 0 Å². The molecule has 0 N–H and O–H groups in total. The van der Waals surface area contributed by atoms with E-state index in [0.717, 1.165) is 76.8 Å². The van der Waals surface area contributed by atoms with Crippen LogP contribution in [-0.2, 0) is 0 Å². The molecule has 0 bridgehead atoms. The van der Waals surface area contributed by atoms with Gasteiger partial charge in [-0.3, -0.25) is 14.9 Å². The van der Waals surface area contributed by atoms with Crippen molar-refractivity contribution < 1.29 is 0 Å². The normalized spacial score (nSPS) is 21.3. The molecule has 4 rings (SSSR count). The molecule has 5 nitrogen and oxygen atoms in total. The van der Waals surface area contributed by atoms with Crippen LogP contribution in [0.4, 0.5) is 5.82 Å². The maximum Gasteiger partial charge on any atom is 0.129 e. The highest BCUT2D eigenvalue weighted by Crippen LogP contribution is 2.29. The number of hydrogen-bond donors (Lipinski definition) is 0. The van der Waals surface area contributed by atoms with Gasteiger partial charge in [0, 0.05) is 62.1 Å². The molecule has 3 aliphatic rings. The Bertz CT molecular complexity index is 1050. The summed E-state index contributed by atoms with van der Waals surface area (Å²) in [5, 5.41) is 0.980. The number of pyridine rings is 1. The molecular weight excluding hydrogens is 426 g/mol. The molecule has 1 saturated carbocycles. The van der Waals surface area contributed by atoms with E-state index in [-0.39, 0.29) is 0 Å². The average Bonchev–Trinajstić information content (AvgIpc) is 3.70. The third-order valence-corrected chi connectivity index (χ3v) is 7.21. The van der Waals surface area contributed by atoms with Gasteiger partial charge in [0.1, 0.15) is 5.82 Å². The molecule has 1 aromatic rings. The smallest absolute Gasteiger partial charge is 0.129 e. The zero-order valence-corrected chi connectivity index (χ0v) is 20.5. The van der Waals surface area contributed by atoms with Crippen LogP contribution in [0, 0.1) is 0 Å². The van der Waals surface area contributed by atoms with Gasteiger partial charge in [0.05, 0.1) is 10.7 Å². The molecule has 0 spiro atoms. The minimum Gasteiger partial charge on any atom is -0.354 e. The van der Waals surface area contributed by atoms with Crippen LogP contribution in [0.2, 0.25) is 0 Å². The molecule has 1 aromatic heterocycles. The summed E-state index contributed by atoms with van der Waals surface area (Å²) in [5.41, 5.74) is 4.29. The zero-order valence-electron chi connectivity index (χ0n) is 19.7. The van der Waals surface area contributed by atoms with Crippen molar-refractivity contribution in [2.24, 2.45) is 9.98 Å². The van der Waals surface area contributed by atoms with E-state index in [9.17, 15) is 0 Å². The third-order valence-electron chi connectivity index (χ3n) is 6.25. The number of hydrogen-bond acceptors (Lipinski definition) is 6. The quantitative estimate of drug-likeness (QED) is 0.306. The lowest BCUT2D eigenvalue weighted by Crippen LogP contribution is -2.47. The molecule has 0 aromatic carbocycles. The predicted octanol–water partition coefficient (Wildman–Crippen LogP) is 5.52. The second kappa shape index (κ2) is 10.9. The Kier molecular flexibility index (Phi) is 7.78. The van der Waals surface area contributed by atoms with E-state index in [4.69, 9.17) is 4.99 Å². The van der Waals surface area contributed by atoms with E-state index >= 15 is 0 Å². The molecule has 2 fully saturated rings. The fourth-order valence-corrected chi connectivity index (χ4v) is 4.75. The SMILES string of the molecule is C=C/C(=C\C=C1\C=NC(c2ccnc(N3CCN(C4CC4)CC3)c2)=CC1)C(=C)SC(C)=NC. The van der Waals surface area contributed by atoms with Crippen LogP contribution in [0.25, 0.3) is 5.70 Å². The number of piperazine rings is 1. The largest absolute Gasteiger partial charge is 0.354 e. The Morgan fingerprint density at radius 3 is 2.67 bits per heavy atom. The van der Waals surface area contributed by atoms with Crippen LogP contribution in [0.3, 0.4) is 0 Å². The Morgan fingerprint density at radius 2 is 2.03 bits per heavy atom. The summed E-state index contributed by atoms with van der Waals surface area (Å²) in [6.45, 7) is 14.4. The molecule has 0 atom stereocenters. The third kappa shape index (κ3) is 6.21. The molecular formula is C27H33N5S. The molecule has 0 unspecified atom stereocenters. The molecule has 2 aliphatic heterocycles. The number of anilines is 1. The van der Waals surface area contributed by atoms with Gasteiger partial charge in [0.2, 0.25) is 0 Å². The van der Waals surface area contributed by atoms with E-state index in [1.807, 2.05) is 25.4 Å². The number of aromatic nitrogens is 1. The summed E-state index contributed by atoms with van der Waals surface area (Å²) in [7, 11) is 1.79. The topological polar surface area (TPSA) is 44.1 Å². The summed E-state index contributed by atoms with van der Waals surface area (Å²) in [6.07, 6.45) is 15.6. The number of aliphatic imine (C=N–C) groups is 2. The number of allylic oxidation sites excluding steroid dienone is 6. The van der Waals surface area contributed by atoms with Crippen LogP contribution in [-0.4, -0.2) is 60.4 Å². The molecule has 0 radical (unpaired) electrons. The maximum atomic E-state index is 4.73. The number of nitrogens with zero attached hydrogens (tertiary/aromatic N) is 5. The van der Waals surface area contributed by atoms with Gasteiger partial charge in [0.25, 0.3) is 0 Å². The molecule has 1 aliphatic carbocycles. The standard InChI is InChI=1S/C27H33N5S/c1-5-23(20(2)33-21(3)28-4)8-6-22-7-11-26(30-19-22)24-12-13-29-27(18-24)32-16-14-31(15-17-32)25-9-10-25/h5-6,8,11-13,18-19,25H,1-2,7,9-10,14-17H2,3-4H3/b22-6+,23-8+,28-21?. The minimum absolute atomic E-state index is 0.840. The van der Waals surface area contributed by atoms with Gasteiger partial charge in [-0.2, -0.15) is 0 Å². The first-order chi connectivity index (χ1) is 16.1. The minimum atomic E-state index is 0.840. The van der Waals surface area contributed by atoms with Crippen molar-refractivity contribution in [3.05, 3.63) is 77.4 Å². The van der Waals surface area contributed by atoms with E-state index in [2.05, 4.69) is 63.3 Å². The Labute approximate surface area is 202 Å². The Hall–Kier alpha value is -2.70. The van der Waals surface area contributed by atoms with Crippen LogP contribution < -0.4 is 4.90 Å². The zero-order chi connectivity index (χ0) is 23.2. The fraction of sp³-hybridized carbons (Fsp3) is 0.370. The number of rotatable bonds is 7. The Balaban J connectivity index is 1.38. The molecule has 33 heavy (non-hydrogen) atoms. The van der Waals surface area contributed by atoms with Gasteiger partial charge in [-0.1, -0.05) is 49.2 Å².